The molecule has 4 N–H and O–H groups in total. The van der Waals surface area contributed by atoms with Crippen LogP contribution in [0.1, 0.15) is 66.2 Å². The molecule has 0 radical (unpaired) electrons. The Hall–Kier alpha value is -4.65. The predicted octanol–water partition coefficient (Wildman–Crippen LogP) is 5.97. The number of rotatable bonds is 9. The highest BCUT2D eigenvalue weighted by atomic mass is 16.2. The van der Waals surface area contributed by atoms with Crippen molar-refractivity contribution >= 4 is 22.7 Å². The lowest BCUT2D eigenvalue weighted by molar-refractivity contribution is -0.126. The van der Waals surface area contributed by atoms with E-state index in [2.05, 4.69) is 22.4 Å². The summed E-state index contributed by atoms with van der Waals surface area (Å²) >= 11 is 0. The molecule has 2 amide bonds. The number of carbonyl (C=O) groups is 2. The van der Waals surface area contributed by atoms with E-state index in [1.807, 2.05) is 90.9 Å². The molecule has 6 rings (SSSR count). The number of nitrogens with zero attached hydrogens (tertiary/aromatic N) is 2. The lowest BCUT2D eigenvalue weighted by Gasteiger charge is -2.39. The third kappa shape index (κ3) is 5.00. The third-order valence-electron chi connectivity index (χ3n) is 9.08. The quantitative estimate of drug-likeness (QED) is 0.207. The van der Waals surface area contributed by atoms with Crippen LogP contribution in [-0.2, 0) is 22.0 Å². The van der Waals surface area contributed by atoms with E-state index in [9.17, 15) is 9.59 Å². The van der Waals surface area contributed by atoms with Crippen LogP contribution < -0.4 is 11.1 Å². The Balaban J connectivity index is 1.45. The fraction of sp³-hybridized carbons (Fsp3) is 0.286. The van der Waals surface area contributed by atoms with Gasteiger partial charge in [-0.05, 0) is 73.7 Å². The standard InChI is InChI=1S/C35H37N5O2/c1-34(22-25-23-38-29-15-4-3-12-26(25)29,28-14-11-13-27(32(36)41)31(28)40-20-9-10-21-40)33(42)39-24-35(17-6-2-7-18-35)30-16-5-8-19-37-30/h3-5,8-16,19-21,23,38H,2,6-7,17-18,22,24H2,1H3,(H2,36,41)(H,39,42)/t34-/m0/s1. The van der Waals surface area contributed by atoms with E-state index < -0.39 is 11.3 Å². The smallest absolute Gasteiger partial charge is 0.250 e. The Morgan fingerprint density at radius 3 is 2.48 bits per heavy atom. The molecule has 3 aromatic heterocycles. The van der Waals surface area contributed by atoms with Gasteiger partial charge in [0, 0.05) is 53.3 Å². The molecule has 1 atom stereocenters. The number of nitrogens with two attached hydrogens (primary N) is 1. The van der Waals surface area contributed by atoms with E-state index >= 15 is 0 Å². The Bertz CT molecular complexity index is 1700. The van der Waals surface area contributed by atoms with Crippen LogP contribution in [0.3, 0.4) is 0 Å². The summed E-state index contributed by atoms with van der Waals surface area (Å²) in [6.07, 6.45) is 13.4. The maximum atomic E-state index is 14.7. The first-order valence-electron chi connectivity index (χ1n) is 14.7. The van der Waals surface area contributed by atoms with Crippen LogP contribution in [-0.4, -0.2) is 32.9 Å². The molecular weight excluding hydrogens is 522 g/mol. The second-order valence-corrected chi connectivity index (χ2v) is 11.8. The molecule has 2 aromatic carbocycles. The molecule has 1 aliphatic rings. The van der Waals surface area contributed by atoms with Crippen LogP contribution in [0.4, 0.5) is 0 Å². The molecule has 0 unspecified atom stereocenters. The monoisotopic (exact) mass is 559 g/mol. The number of aromatic amines is 1. The van der Waals surface area contributed by atoms with Gasteiger partial charge in [0.2, 0.25) is 5.91 Å². The van der Waals surface area contributed by atoms with E-state index in [1.165, 1.54) is 6.42 Å². The Morgan fingerprint density at radius 1 is 0.976 bits per heavy atom. The SMILES string of the molecule is C[C@@](Cc1c[nH]c2ccccc12)(C(=O)NCC1(c2ccccn2)CCCCC1)c1cccc(C(N)=O)c1-n1cccc1. The zero-order valence-electron chi connectivity index (χ0n) is 24.0. The van der Waals surface area contributed by atoms with Crippen molar-refractivity contribution in [3.8, 4) is 5.69 Å². The lowest BCUT2D eigenvalue weighted by atomic mass is 9.70. The number of nitrogens with one attached hydrogen (secondary N) is 2. The Kier molecular flexibility index (Phi) is 7.42. The van der Waals surface area contributed by atoms with Gasteiger partial charge in [0.25, 0.3) is 5.91 Å². The van der Waals surface area contributed by atoms with Crippen molar-refractivity contribution in [3.63, 3.8) is 0 Å². The van der Waals surface area contributed by atoms with Gasteiger partial charge in [-0.25, -0.2) is 0 Å². The van der Waals surface area contributed by atoms with E-state index in [-0.39, 0.29) is 11.3 Å². The normalized spacial score (nSPS) is 16.1. The molecule has 1 aliphatic carbocycles. The van der Waals surface area contributed by atoms with Crippen LogP contribution in [0.5, 0.6) is 0 Å². The number of benzene rings is 2. The third-order valence-corrected chi connectivity index (χ3v) is 9.08. The first-order chi connectivity index (χ1) is 20.4. The predicted molar refractivity (Wildman–Crippen MR) is 166 cm³/mol. The van der Waals surface area contributed by atoms with Gasteiger partial charge < -0.3 is 20.6 Å². The van der Waals surface area contributed by atoms with Crippen molar-refractivity contribution in [1.29, 1.82) is 0 Å². The molecule has 214 valence electrons. The second-order valence-electron chi connectivity index (χ2n) is 11.8. The first-order valence-corrected chi connectivity index (χ1v) is 14.7. The minimum atomic E-state index is -1.03. The Morgan fingerprint density at radius 2 is 1.74 bits per heavy atom. The van der Waals surface area contributed by atoms with Crippen LogP contribution in [0, 0.1) is 0 Å². The minimum Gasteiger partial charge on any atom is -0.366 e. The van der Waals surface area contributed by atoms with Gasteiger partial charge in [0.05, 0.1) is 16.7 Å². The topological polar surface area (TPSA) is 106 Å². The summed E-state index contributed by atoms with van der Waals surface area (Å²) in [4.78, 5) is 35.5. The number of pyridine rings is 1. The number of fused-ring (bicyclic) bond motifs is 1. The molecule has 0 spiro atoms. The molecule has 0 saturated heterocycles. The van der Waals surface area contributed by atoms with Gasteiger partial charge in [-0.1, -0.05) is 55.7 Å². The Labute approximate surface area is 246 Å². The summed E-state index contributed by atoms with van der Waals surface area (Å²) in [5.41, 5.74) is 9.48. The van der Waals surface area contributed by atoms with Crippen molar-refractivity contribution in [2.75, 3.05) is 6.54 Å². The molecule has 3 heterocycles. The molecule has 7 nitrogen and oxygen atoms in total. The van der Waals surface area contributed by atoms with Gasteiger partial charge >= 0.3 is 0 Å². The zero-order chi connectivity index (χ0) is 29.2. The molecule has 5 aromatic rings. The van der Waals surface area contributed by atoms with Crippen LogP contribution >= 0.6 is 0 Å². The average Bonchev–Trinajstić information content (AvgIpc) is 3.71. The van der Waals surface area contributed by atoms with Crippen molar-refractivity contribution < 1.29 is 9.59 Å². The van der Waals surface area contributed by atoms with Crippen molar-refractivity contribution in [2.45, 2.75) is 56.3 Å². The second kappa shape index (κ2) is 11.3. The van der Waals surface area contributed by atoms with E-state index in [1.54, 1.807) is 6.07 Å². The molecule has 0 aliphatic heterocycles. The maximum absolute atomic E-state index is 14.7. The van der Waals surface area contributed by atoms with Crippen molar-refractivity contribution in [3.05, 3.63) is 120 Å². The van der Waals surface area contributed by atoms with Gasteiger partial charge in [-0.3, -0.25) is 14.6 Å². The largest absolute Gasteiger partial charge is 0.366 e. The number of primary amides is 1. The van der Waals surface area contributed by atoms with Crippen molar-refractivity contribution in [2.24, 2.45) is 5.73 Å². The van der Waals surface area contributed by atoms with Gasteiger partial charge in [-0.2, -0.15) is 0 Å². The van der Waals surface area contributed by atoms with Crippen LogP contribution in [0.2, 0.25) is 0 Å². The fourth-order valence-corrected chi connectivity index (χ4v) is 6.78. The number of hydrogen-bond acceptors (Lipinski definition) is 3. The molecule has 1 fully saturated rings. The average molecular weight is 560 g/mol. The van der Waals surface area contributed by atoms with E-state index in [0.717, 1.165) is 53.4 Å². The van der Waals surface area contributed by atoms with Crippen LogP contribution in [0.15, 0.2) is 97.6 Å². The summed E-state index contributed by atoms with van der Waals surface area (Å²) in [6, 6.07) is 23.5. The highest BCUT2D eigenvalue weighted by Crippen LogP contribution is 2.40. The van der Waals surface area contributed by atoms with E-state index in [0.29, 0.717) is 24.2 Å². The van der Waals surface area contributed by atoms with Gasteiger partial charge in [0.15, 0.2) is 0 Å². The van der Waals surface area contributed by atoms with Gasteiger partial charge in [-0.15, -0.1) is 0 Å². The fourth-order valence-electron chi connectivity index (χ4n) is 6.78. The van der Waals surface area contributed by atoms with Crippen LogP contribution in [0.25, 0.3) is 16.6 Å². The summed E-state index contributed by atoms with van der Waals surface area (Å²) in [5, 5.41) is 4.47. The molecule has 42 heavy (non-hydrogen) atoms. The summed E-state index contributed by atoms with van der Waals surface area (Å²) < 4.78 is 1.88. The lowest BCUT2D eigenvalue weighted by Crippen LogP contribution is -2.50. The number of amides is 2. The number of H-pyrrole nitrogens is 1. The number of para-hydroxylation sites is 2. The maximum Gasteiger partial charge on any atom is 0.250 e. The zero-order valence-corrected chi connectivity index (χ0v) is 24.0. The number of hydrogen-bond donors (Lipinski definition) is 3. The summed E-state index contributed by atoms with van der Waals surface area (Å²) in [5.74, 6) is -0.629. The minimum absolute atomic E-state index is 0.0938. The summed E-state index contributed by atoms with van der Waals surface area (Å²) in [7, 11) is 0. The summed E-state index contributed by atoms with van der Waals surface area (Å²) in [6.45, 7) is 2.48. The van der Waals surface area contributed by atoms with Crippen molar-refractivity contribution in [1.82, 2.24) is 19.9 Å². The molecule has 0 bridgehead atoms. The highest BCUT2D eigenvalue weighted by Gasteiger charge is 2.42. The first kappa shape index (κ1) is 27.5. The molecule has 1 saturated carbocycles. The molecular formula is C35H37N5O2. The molecule has 7 heteroatoms. The number of carbonyl (C=O) groups excluding carboxylic acids is 2. The van der Waals surface area contributed by atoms with E-state index in [4.69, 9.17) is 10.7 Å². The number of aromatic nitrogens is 3. The van der Waals surface area contributed by atoms with Gasteiger partial charge in [0.1, 0.15) is 0 Å². The highest BCUT2D eigenvalue weighted by molar-refractivity contribution is 5.99.